The van der Waals surface area contributed by atoms with Crippen LogP contribution in [0, 0.1) is 5.82 Å². The van der Waals surface area contributed by atoms with Crippen LogP contribution in [0.15, 0.2) is 29.4 Å². The van der Waals surface area contributed by atoms with Crippen LogP contribution in [0.25, 0.3) is 5.69 Å². The molecule has 1 saturated heterocycles. The van der Waals surface area contributed by atoms with Gasteiger partial charge in [-0.1, -0.05) is 11.8 Å². The van der Waals surface area contributed by atoms with Crippen molar-refractivity contribution in [2.24, 2.45) is 0 Å². The standard InChI is InChI=1S/C19H26FN5OS/c1-13(23(3)4)17-21-22-19(25(17)16-9-7-15(20)8-10-16)27-14(2)18(26)24-11-5-6-12-24/h7-10,13-14H,5-6,11-12H2,1-4H3/p+1/t13-,14+/m0/s1. The molecule has 6 nitrogen and oxygen atoms in total. The van der Waals surface area contributed by atoms with Gasteiger partial charge in [0.05, 0.1) is 19.3 Å². The van der Waals surface area contributed by atoms with Crippen molar-refractivity contribution in [3.8, 4) is 5.69 Å². The van der Waals surface area contributed by atoms with Gasteiger partial charge in [-0.2, -0.15) is 0 Å². The van der Waals surface area contributed by atoms with Crippen LogP contribution in [0.5, 0.6) is 0 Å². The number of rotatable bonds is 6. The molecule has 1 aromatic heterocycles. The van der Waals surface area contributed by atoms with Gasteiger partial charge in [0.15, 0.2) is 11.0 Å². The van der Waals surface area contributed by atoms with Crippen molar-refractivity contribution in [2.45, 2.75) is 43.1 Å². The molecule has 2 aromatic rings. The van der Waals surface area contributed by atoms with Crippen molar-refractivity contribution in [3.05, 3.63) is 35.9 Å². The zero-order valence-corrected chi connectivity index (χ0v) is 17.1. The second-order valence-corrected chi connectivity index (χ2v) is 8.55. The summed E-state index contributed by atoms with van der Waals surface area (Å²) in [6.07, 6.45) is 2.14. The minimum atomic E-state index is -0.286. The molecule has 8 heteroatoms. The van der Waals surface area contributed by atoms with E-state index in [9.17, 15) is 9.18 Å². The number of thioether (sulfide) groups is 1. The molecule has 1 aliphatic rings. The number of nitrogens with one attached hydrogen (secondary N) is 1. The minimum Gasteiger partial charge on any atom is -0.342 e. The molecule has 0 radical (unpaired) electrons. The normalized spacial score (nSPS) is 16.7. The molecule has 2 heterocycles. The summed E-state index contributed by atoms with van der Waals surface area (Å²) in [6, 6.07) is 6.40. The van der Waals surface area contributed by atoms with Crippen LogP contribution in [0.1, 0.15) is 38.6 Å². The van der Waals surface area contributed by atoms with Gasteiger partial charge in [0, 0.05) is 18.8 Å². The molecule has 0 spiro atoms. The number of halogens is 1. The maximum atomic E-state index is 13.4. The van der Waals surface area contributed by atoms with Gasteiger partial charge in [0.25, 0.3) is 0 Å². The Hall–Kier alpha value is -1.93. The summed E-state index contributed by atoms with van der Waals surface area (Å²) in [5.41, 5.74) is 0.799. The van der Waals surface area contributed by atoms with Crippen molar-refractivity contribution in [1.29, 1.82) is 0 Å². The molecule has 0 bridgehead atoms. The molecular weight excluding hydrogens is 365 g/mol. The molecule has 1 aromatic carbocycles. The van der Waals surface area contributed by atoms with Crippen molar-refractivity contribution in [2.75, 3.05) is 27.2 Å². The van der Waals surface area contributed by atoms with Gasteiger partial charge in [-0.05, 0) is 51.0 Å². The third-order valence-corrected chi connectivity index (χ3v) is 6.07. The number of aromatic nitrogens is 3. The Morgan fingerprint density at radius 3 is 2.37 bits per heavy atom. The molecule has 1 fully saturated rings. The van der Waals surface area contributed by atoms with Crippen molar-refractivity contribution < 1.29 is 14.1 Å². The Labute approximate surface area is 163 Å². The average molecular weight is 393 g/mol. The van der Waals surface area contributed by atoms with E-state index in [4.69, 9.17) is 0 Å². The SMILES string of the molecule is C[C@@H](Sc1nnc([C@H](C)[NH+](C)C)n1-c1ccc(F)cc1)C(=O)N1CCCC1. The molecule has 2 atom stereocenters. The van der Waals surface area contributed by atoms with E-state index < -0.39 is 0 Å². The highest BCUT2D eigenvalue weighted by Gasteiger charge is 2.28. The van der Waals surface area contributed by atoms with E-state index in [2.05, 4.69) is 31.2 Å². The van der Waals surface area contributed by atoms with Gasteiger partial charge in [-0.3, -0.25) is 9.36 Å². The lowest BCUT2D eigenvalue weighted by atomic mass is 10.2. The highest BCUT2D eigenvalue weighted by Crippen LogP contribution is 2.29. The number of hydrogen-bond acceptors (Lipinski definition) is 4. The highest BCUT2D eigenvalue weighted by molar-refractivity contribution is 8.00. The monoisotopic (exact) mass is 392 g/mol. The summed E-state index contributed by atoms with van der Waals surface area (Å²) in [5, 5.41) is 9.17. The topological polar surface area (TPSA) is 55.5 Å². The molecule has 27 heavy (non-hydrogen) atoms. The molecule has 0 aliphatic carbocycles. The van der Waals surface area contributed by atoms with Crippen molar-refractivity contribution in [1.82, 2.24) is 19.7 Å². The van der Waals surface area contributed by atoms with E-state index >= 15 is 0 Å². The molecule has 1 amide bonds. The third kappa shape index (κ3) is 4.32. The lowest BCUT2D eigenvalue weighted by molar-refractivity contribution is -0.890. The Kier molecular flexibility index (Phi) is 6.16. The number of quaternary nitrogens is 1. The number of benzene rings is 1. The van der Waals surface area contributed by atoms with E-state index in [1.807, 2.05) is 16.4 Å². The summed E-state index contributed by atoms with van der Waals surface area (Å²) in [7, 11) is 4.11. The van der Waals surface area contributed by atoms with E-state index in [1.54, 1.807) is 12.1 Å². The Morgan fingerprint density at radius 2 is 1.78 bits per heavy atom. The molecule has 1 N–H and O–H groups in total. The summed E-state index contributed by atoms with van der Waals surface area (Å²) < 4.78 is 15.3. The van der Waals surface area contributed by atoms with Crippen LogP contribution >= 0.6 is 11.8 Å². The van der Waals surface area contributed by atoms with Crippen LogP contribution in [-0.2, 0) is 4.79 Å². The minimum absolute atomic E-state index is 0.0986. The van der Waals surface area contributed by atoms with E-state index in [0.29, 0.717) is 5.16 Å². The molecule has 3 rings (SSSR count). The predicted octanol–water partition coefficient (Wildman–Crippen LogP) is 1.71. The van der Waals surface area contributed by atoms with Gasteiger partial charge < -0.3 is 9.80 Å². The van der Waals surface area contributed by atoms with E-state index in [0.717, 1.165) is 37.4 Å². The second-order valence-electron chi connectivity index (χ2n) is 7.24. The first-order valence-corrected chi connectivity index (χ1v) is 10.2. The largest absolute Gasteiger partial charge is 0.342 e. The third-order valence-electron chi connectivity index (χ3n) is 5.04. The number of nitrogens with zero attached hydrogens (tertiary/aromatic N) is 4. The fourth-order valence-corrected chi connectivity index (χ4v) is 4.09. The Morgan fingerprint density at radius 1 is 1.15 bits per heavy atom. The van der Waals surface area contributed by atoms with Crippen LogP contribution in [0.3, 0.4) is 0 Å². The lowest BCUT2D eigenvalue weighted by Crippen LogP contribution is -3.05. The summed E-state index contributed by atoms with van der Waals surface area (Å²) in [5.74, 6) is 0.648. The molecular formula is C19H27FN5OS+. The number of hydrogen-bond donors (Lipinski definition) is 1. The molecule has 146 valence electrons. The zero-order chi connectivity index (χ0) is 19.6. The predicted molar refractivity (Wildman–Crippen MR) is 104 cm³/mol. The zero-order valence-electron chi connectivity index (χ0n) is 16.3. The van der Waals surface area contributed by atoms with Crippen molar-refractivity contribution >= 4 is 17.7 Å². The van der Waals surface area contributed by atoms with Crippen LogP contribution in [-0.4, -0.2) is 58.0 Å². The maximum absolute atomic E-state index is 13.4. The number of likely N-dealkylation sites (tertiary alicyclic amines) is 1. The summed E-state index contributed by atoms with van der Waals surface area (Å²) in [4.78, 5) is 15.8. The number of carbonyl (C=O) groups excluding carboxylic acids is 1. The van der Waals surface area contributed by atoms with E-state index in [1.165, 1.54) is 28.8 Å². The van der Waals surface area contributed by atoms with Crippen LogP contribution < -0.4 is 4.90 Å². The smallest absolute Gasteiger partial charge is 0.235 e. The number of carbonyl (C=O) groups is 1. The van der Waals surface area contributed by atoms with Crippen molar-refractivity contribution in [3.63, 3.8) is 0 Å². The summed E-state index contributed by atoms with van der Waals surface area (Å²) in [6.45, 7) is 5.66. The number of amides is 1. The van der Waals surface area contributed by atoms with Crippen LogP contribution in [0.2, 0.25) is 0 Å². The lowest BCUT2D eigenvalue weighted by Gasteiger charge is -2.21. The van der Waals surface area contributed by atoms with Gasteiger partial charge in [0.1, 0.15) is 11.9 Å². The Balaban J connectivity index is 1.92. The highest BCUT2D eigenvalue weighted by atomic mass is 32.2. The van der Waals surface area contributed by atoms with E-state index in [-0.39, 0.29) is 23.0 Å². The first-order chi connectivity index (χ1) is 12.9. The first kappa shape index (κ1) is 19.8. The van der Waals surface area contributed by atoms with Gasteiger partial charge in [-0.25, -0.2) is 4.39 Å². The van der Waals surface area contributed by atoms with Gasteiger partial charge in [-0.15, -0.1) is 10.2 Å². The molecule has 0 saturated carbocycles. The van der Waals surface area contributed by atoms with Gasteiger partial charge >= 0.3 is 0 Å². The Bertz CT molecular complexity index is 786. The van der Waals surface area contributed by atoms with Crippen LogP contribution in [0.4, 0.5) is 4.39 Å². The fraction of sp³-hybridized carbons (Fsp3) is 0.526. The maximum Gasteiger partial charge on any atom is 0.235 e. The first-order valence-electron chi connectivity index (χ1n) is 9.35. The summed E-state index contributed by atoms with van der Waals surface area (Å²) >= 11 is 1.41. The fourth-order valence-electron chi connectivity index (χ4n) is 3.13. The second kappa shape index (κ2) is 8.39. The van der Waals surface area contributed by atoms with Gasteiger partial charge in [0.2, 0.25) is 5.91 Å². The molecule has 0 unspecified atom stereocenters. The molecule has 1 aliphatic heterocycles. The quantitative estimate of drug-likeness (QED) is 0.761. The average Bonchev–Trinajstić information content (AvgIpc) is 3.31.